The van der Waals surface area contributed by atoms with Crippen molar-refractivity contribution in [3.63, 3.8) is 0 Å². The molecule has 0 aromatic heterocycles. The molecule has 0 bridgehead atoms. The number of fused-ring (bicyclic) bond motifs is 3. The van der Waals surface area contributed by atoms with E-state index < -0.39 is 0 Å². The Morgan fingerprint density at radius 2 is 1.22 bits per heavy atom. The van der Waals surface area contributed by atoms with Crippen molar-refractivity contribution >= 4 is 5.97 Å². The summed E-state index contributed by atoms with van der Waals surface area (Å²) in [6.07, 6.45) is 8.64. The lowest BCUT2D eigenvalue weighted by Crippen LogP contribution is -2.29. The number of carbonyl (C=O) groups is 1. The van der Waals surface area contributed by atoms with E-state index in [9.17, 15) is 4.79 Å². The van der Waals surface area contributed by atoms with Crippen LogP contribution in [0.5, 0.6) is 11.5 Å². The normalized spacial score (nSPS) is 26.3. The third-order valence-electron chi connectivity index (χ3n) is 8.57. The predicted molar refractivity (Wildman–Crippen MR) is 145 cm³/mol. The minimum Gasteiger partial charge on any atom is -0.490 e. The lowest BCUT2D eigenvalue weighted by atomic mass is 9.82. The second kappa shape index (κ2) is 11.2. The lowest BCUT2D eigenvalue weighted by Gasteiger charge is -2.29. The van der Waals surface area contributed by atoms with Crippen LogP contribution >= 0.6 is 0 Å². The first-order valence-corrected chi connectivity index (χ1v) is 14.3. The topological polar surface area (TPSA) is 54.0 Å². The Morgan fingerprint density at radius 3 is 1.78 bits per heavy atom. The molecule has 3 aliphatic rings. The Kier molecular flexibility index (Phi) is 7.92. The summed E-state index contributed by atoms with van der Waals surface area (Å²) in [6, 6.07) is 12.6. The monoisotopic (exact) mass is 506 g/mol. The molecular weight excluding hydrogens is 464 g/mol. The summed E-state index contributed by atoms with van der Waals surface area (Å²) in [5, 5.41) is 0. The summed E-state index contributed by atoms with van der Waals surface area (Å²) in [5.41, 5.74) is 4.71. The van der Waals surface area contributed by atoms with E-state index in [2.05, 4.69) is 51.1 Å². The molecule has 200 valence electrons. The number of esters is 1. The maximum atomic E-state index is 12.9. The van der Waals surface area contributed by atoms with E-state index in [1.165, 1.54) is 22.3 Å². The van der Waals surface area contributed by atoms with Gasteiger partial charge in [-0.3, -0.25) is 4.79 Å². The van der Waals surface area contributed by atoms with Crippen LogP contribution in [-0.4, -0.2) is 37.5 Å². The standard InChI is InChI=1S/C32H42O5/c1-5-34-22-9-7-21(8-10-22)31(33)37-26-16-18-28-27-17-15-25(19-29(27)32(3,4)30(28)20-26)36-24-13-11-23(12-14-24)35-6-2/h15-24H,5-14H2,1-4H3. The van der Waals surface area contributed by atoms with E-state index in [0.717, 1.165) is 70.3 Å². The molecule has 0 radical (unpaired) electrons. The molecule has 5 heteroatoms. The largest absolute Gasteiger partial charge is 0.490 e. The van der Waals surface area contributed by atoms with Gasteiger partial charge in [0.25, 0.3) is 0 Å². The van der Waals surface area contributed by atoms with E-state index >= 15 is 0 Å². The summed E-state index contributed by atoms with van der Waals surface area (Å²) in [7, 11) is 0. The molecule has 0 atom stereocenters. The van der Waals surface area contributed by atoms with Crippen molar-refractivity contribution in [3.8, 4) is 22.6 Å². The van der Waals surface area contributed by atoms with Gasteiger partial charge in [-0.25, -0.2) is 0 Å². The smallest absolute Gasteiger partial charge is 0.314 e. The van der Waals surface area contributed by atoms with E-state index in [1.807, 2.05) is 13.0 Å². The van der Waals surface area contributed by atoms with E-state index in [1.54, 1.807) is 0 Å². The Morgan fingerprint density at radius 1 is 0.730 bits per heavy atom. The van der Waals surface area contributed by atoms with Gasteiger partial charge in [0.1, 0.15) is 11.5 Å². The third kappa shape index (κ3) is 5.58. The molecule has 0 N–H and O–H groups in total. The van der Waals surface area contributed by atoms with Crippen molar-refractivity contribution in [3.05, 3.63) is 47.5 Å². The van der Waals surface area contributed by atoms with Gasteiger partial charge in [0.15, 0.2) is 0 Å². The maximum Gasteiger partial charge on any atom is 0.314 e. The average molecular weight is 507 g/mol. The molecule has 0 amide bonds. The van der Waals surface area contributed by atoms with Gasteiger partial charge in [0.2, 0.25) is 0 Å². The summed E-state index contributed by atoms with van der Waals surface area (Å²) in [6.45, 7) is 10.1. The fraction of sp³-hybridized carbons (Fsp3) is 0.594. The van der Waals surface area contributed by atoms with Crippen LogP contribution in [0.1, 0.15) is 90.2 Å². The highest BCUT2D eigenvalue weighted by atomic mass is 16.5. The number of benzene rings is 2. The first kappa shape index (κ1) is 26.2. The highest BCUT2D eigenvalue weighted by Gasteiger charge is 2.37. The van der Waals surface area contributed by atoms with Gasteiger partial charge >= 0.3 is 5.97 Å². The molecule has 2 saturated carbocycles. The molecule has 0 aliphatic heterocycles. The van der Waals surface area contributed by atoms with Crippen molar-refractivity contribution in [1.29, 1.82) is 0 Å². The highest BCUT2D eigenvalue weighted by Crippen LogP contribution is 2.50. The van der Waals surface area contributed by atoms with Crippen LogP contribution in [0.2, 0.25) is 0 Å². The summed E-state index contributed by atoms with van der Waals surface area (Å²) < 4.78 is 23.9. The van der Waals surface area contributed by atoms with Crippen LogP contribution in [0.25, 0.3) is 11.1 Å². The Bertz CT molecular complexity index is 1090. The molecule has 3 aliphatic carbocycles. The fourth-order valence-corrected chi connectivity index (χ4v) is 6.48. The van der Waals surface area contributed by atoms with E-state index in [-0.39, 0.29) is 29.5 Å². The molecule has 0 saturated heterocycles. The van der Waals surface area contributed by atoms with Crippen LogP contribution < -0.4 is 9.47 Å². The Balaban J connectivity index is 1.25. The molecule has 2 aromatic rings. The predicted octanol–water partition coefficient (Wildman–Crippen LogP) is 7.22. The zero-order chi connectivity index (χ0) is 26.0. The van der Waals surface area contributed by atoms with Crippen molar-refractivity contribution in [2.24, 2.45) is 5.92 Å². The fourth-order valence-electron chi connectivity index (χ4n) is 6.48. The Labute approximate surface area is 221 Å². The minimum atomic E-state index is -0.200. The average Bonchev–Trinajstić information content (AvgIpc) is 3.12. The molecule has 2 aromatic carbocycles. The Hall–Kier alpha value is -2.37. The molecule has 37 heavy (non-hydrogen) atoms. The molecule has 0 unspecified atom stereocenters. The van der Waals surface area contributed by atoms with Crippen molar-refractivity contribution in [2.75, 3.05) is 13.2 Å². The van der Waals surface area contributed by atoms with Gasteiger partial charge in [0.05, 0.1) is 24.2 Å². The lowest BCUT2D eigenvalue weighted by molar-refractivity contribution is -0.141. The van der Waals surface area contributed by atoms with Gasteiger partial charge < -0.3 is 18.9 Å². The summed E-state index contributed by atoms with van der Waals surface area (Å²) in [5.74, 6) is 1.42. The second-order valence-electron chi connectivity index (χ2n) is 11.4. The number of rotatable bonds is 8. The number of carbonyl (C=O) groups excluding carboxylic acids is 1. The van der Waals surface area contributed by atoms with Gasteiger partial charge in [-0.2, -0.15) is 0 Å². The van der Waals surface area contributed by atoms with Crippen LogP contribution in [0.3, 0.4) is 0 Å². The van der Waals surface area contributed by atoms with Gasteiger partial charge in [-0.1, -0.05) is 26.0 Å². The van der Waals surface area contributed by atoms with Crippen LogP contribution in [0.4, 0.5) is 0 Å². The number of hydrogen-bond donors (Lipinski definition) is 0. The highest BCUT2D eigenvalue weighted by molar-refractivity contribution is 5.83. The minimum absolute atomic E-state index is 0.0431. The van der Waals surface area contributed by atoms with Gasteiger partial charge in [0, 0.05) is 18.6 Å². The summed E-state index contributed by atoms with van der Waals surface area (Å²) in [4.78, 5) is 12.9. The van der Waals surface area contributed by atoms with Gasteiger partial charge in [-0.15, -0.1) is 0 Å². The quantitative estimate of drug-likeness (QED) is 0.279. The van der Waals surface area contributed by atoms with Crippen molar-refractivity contribution in [1.82, 2.24) is 0 Å². The molecule has 0 spiro atoms. The van der Waals surface area contributed by atoms with Crippen LogP contribution in [0, 0.1) is 5.92 Å². The molecular formula is C32H42O5. The van der Waals surface area contributed by atoms with Crippen LogP contribution in [0.15, 0.2) is 36.4 Å². The first-order chi connectivity index (χ1) is 17.9. The van der Waals surface area contributed by atoms with Crippen LogP contribution in [-0.2, 0) is 19.7 Å². The van der Waals surface area contributed by atoms with E-state index in [0.29, 0.717) is 11.9 Å². The molecule has 5 rings (SSSR count). The maximum absolute atomic E-state index is 12.9. The second-order valence-corrected chi connectivity index (χ2v) is 11.4. The van der Waals surface area contributed by atoms with E-state index in [4.69, 9.17) is 18.9 Å². The SMILES string of the molecule is CCOC1CCC(Oc2ccc3c(c2)C(C)(C)c2cc(OC(=O)C4CCC(OCC)CC4)ccc2-3)CC1. The summed E-state index contributed by atoms with van der Waals surface area (Å²) >= 11 is 0. The molecule has 0 heterocycles. The van der Waals surface area contributed by atoms with Crippen molar-refractivity contribution < 1.29 is 23.7 Å². The zero-order valence-electron chi connectivity index (χ0n) is 22.9. The number of ether oxygens (including phenoxy) is 4. The third-order valence-corrected chi connectivity index (χ3v) is 8.57. The van der Waals surface area contributed by atoms with Gasteiger partial charge in [-0.05, 0) is 112 Å². The molecule has 2 fully saturated rings. The first-order valence-electron chi connectivity index (χ1n) is 14.3. The molecule has 5 nitrogen and oxygen atoms in total. The number of hydrogen-bond acceptors (Lipinski definition) is 5. The van der Waals surface area contributed by atoms with Crippen molar-refractivity contribution in [2.45, 2.75) is 103 Å². The zero-order valence-corrected chi connectivity index (χ0v) is 22.9.